The molecule has 2 aliphatic carbocycles. The van der Waals surface area contributed by atoms with Gasteiger partial charge in [-0.25, -0.2) is 0 Å². The molecule has 140 valence electrons. The fraction of sp³-hybridized carbons (Fsp3) is 0.944. The molecule has 1 saturated heterocycles. The first kappa shape index (κ1) is 20.2. The number of guanidine groups is 1. The summed E-state index contributed by atoms with van der Waals surface area (Å²) in [7, 11) is 4.13. The number of hydrogen-bond acceptors (Lipinski definition) is 3. The van der Waals surface area contributed by atoms with E-state index in [0.717, 1.165) is 24.6 Å². The van der Waals surface area contributed by atoms with Gasteiger partial charge in [0.2, 0.25) is 0 Å². The van der Waals surface area contributed by atoms with E-state index in [1.807, 2.05) is 7.05 Å². The highest BCUT2D eigenvalue weighted by Gasteiger charge is 2.31. The standard InChI is InChI=1S/C18H35N5.HI/c1-14(22(3)16-8-9-16)12-20-18(19-2)21-15-10-11-23(13-15)17-6-4-5-7-17;/h14-17H,4-13H2,1-3H3,(H2,19,20,21);1H. The van der Waals surface area contributed by atoms with Crippen molar-refractivity contribution >= 4 is 29.9 Å². The van der Waals surface area contributed by atoms with Gasteiger partial charge in [-0.2, -0.15) is 0 Å². The van der Waals surface area contributed by atoms with Crippen LogP contribution in [0.5, 0.6) is 0 Å². The van der Waals surface area contributed by atoms with E-state index in [1.165, 1.54) is 58.0 Å². The third-order valence-electron chi connectivity index (χ3n) is 6.01. The Labute approximate surface area is 165 Å². The molecule has 2 atom stereocenters. The lowest BCUT2D eigenvalue weighted by atomic mass is 10.2. The van der Waals surface area contributed by atoms with Gasteiger partial charge in [0.15, 0.2) is 5.96 Å². The van der Waals surface area contributed by atoms with Gasteiger partial charge in [0.1, 0.15) is 0 Å². The lowest BCUT2D eigenvalue weighted by Gasteiger charge is -2.26. The first-order valence-electron chi connectivity index (χ1n) is 9.60. The van der Waals surface area contributed by atoms with Crippen molar-refractivity contribution < 1.29 is 0 Å². The van der Waals surface area contributed by atoms with E-state index >= 15 is 0 Å². The van der Waals surface area contributed by atoms with Gasteiger partial charge in [-0.1, -0.05) is 12.8 Å². The van der Waals surface area contributed by atoms with E-state index in [0.29, 0.717) is 12.1 Å². The number of hydrogen-bond donors (Lipinski definition) is 2. The summed E-state index contributed by atoms with van der Waals surface area (Å²) in [6.07, 6.45) is 9.65. The number of likely N-dealkylation sites (N-methyl/N-ethyl adjacent to an activating group) is 1. The molecule has 0 aromatic rings. The Morgan fingerprint density at radius 1 is 1.21 bits per heavy atom. The van der Waals surface area contributed by atoms with E-state index in [9.17, 15) is 0 Å². The molecule has 0 amide bonds. The summed E-state index contributed by atoms with van der Waals surface area (Å²) >= 11 is 0. The second-order valence-electron chi connectivity index (χ2n) is 7.76. The van der Waals surface area contributed by atoms with Gasteiger partial charge in [-0.3, -0.25) is 14.8 Å². The smallest absolute Gasteiger partial charge is 0.191 e. The predicted molar refractivity (Wildman–Crippen MR) is 112 cm³/mol. The number of halogens is 1. The van der Waals surface area contributed by atoms with Crippen molar-refractivity contribution in [2.24, 2.45) is 4.99 Å². The molecule has 2 unspecified atom stereocenters. The molecule has 24 heavy (non-hydrogen) atoms. The average molecular weight is 449 g/mol. The van der Waals surface area contributed by atoms with Crippen LogP contribution in [-0.2, 0) is 0 Å². The molecule has 2 saturated carbocycles. The number of likely N-dealkylation sites (tertiary alicyclic amines) is 1. The highest BCUT2D eigenvalue weighted by Crippen LogP contribution is 2.27. The molecule has 5 nitrogen and oxygen atoms in total. The van der Waals surface area contributed by atoms with E-state index < -0.39 is 0 Å². The monoisotopic (exact) mass is 449 g/mol. The molecule has 3 aliphatic rings. The second-order valence-corrected chi connectivity index (χ2v) is 7.76. The van der Waals surface area contributed by atoms with Gasteiger partial charge in [0, 0.05) is 50.8 Å². The van der Waals surface area contributed by atoms with Crippen LogP contribution in [0.2, 0.25) is 0 Å². The lowest BCUT2D eigenvalue weighted by molar-refractivity contribution is 0.241. The largest absolute Gasteiger partial charge is 0.355 e. The maximum atomic E-state index is 4.42. The molecule has 3 rings (SSSR count). The van der Waals surface area contributed by atoms with Crippen molar-refractivity contribution in [2.45, 2.75) is 76.0 Å². The van der Waals surface area contributed by atoms with Crippen LogP contribution in [0.15, 0.2) is 4.99 Å². The summed E-state index contributed by atoms with van der Waals surface area (Å²) in [4.78, 5) is 9.62. The quantitative estimate of drug-likeness (QED) is 0.371. The number of nitrogens with one attached hydrogen (secondary N) is 2. The molecular weight excluding hydrogens is 413 g/mol. The molecule has 6 heteroatoms. The Morgan fingerprint density at radius 3 is 2.54 bits per heavy atom. The Bertz CT molecular complexity index is 406. The number of nitrogens with zero attached hydrogens (tertiary/aromatic N) is 3. The SMILES string of the molecule is CN=C(NCC(C)N(C)C1CC1)NC1CCN(C2CCCC2)C1.I. The summed E-state index contributed by atoms with van der Waals surface area (Å²) in [6.45, 7) is 5.70. The van der Waals surface area contributed by atoms with Crippen LogP contribution in [0.4, 0.5) is 0 Å². The van der Waals surface area contributed by atoms with Crippen LogP contribution in [0.3, 0.4) is 0 Å². The van der Waals surface area contributed by atoms with Gasteiger partial charge >= 0.3 is 0 Å². The Morgan fingerprint density at radius 2 is 1.92 bits per heavy atom. The summed E-state index contributed by atoms with van der Waals surface area (Å²) in [6, 6.07) is 2.78. The summed E-state index contributed by atoms with van der Waals surface area (Å²) < 4.78 is 0. The fourth-order valence-corrected chi connectivity index (χ4v) is 4.12. The van der Waals surface area contributed by atoms with Crippen LogP contribution in [0, 0.1) is 0 Å². The summed E-state index contributed by atoms with van der Waals surface area (Å²) in [5, 5.41) is 7.16. The molecular formula is C18H36IN5. The maximum absolute atomic E-state index is 4.42. The lowest BCUT2D eigenvalue weighted by Crippen LogP contribution is -2.49. The maximum Gasteiger partial charge on any atom is 0.191 e. The second kappa shape index (κ2) is 9.57. The highest BCUT2D eigenvalue weighted by atomic mass is 127. The Kier molecular flexibility index (Phi) is 8.07. The van der Waals surface area contributed by atoms with E-state index in [-0.39, 0.29) is 24.0 Å². The average Bonchev–Trinajstić information content (AvgIpc) is 3.07. The third kappa shape index (κ3) is 5.46. The van der Waals surface area contributed by atoms with Gasteiger partial charge in [-0.05, 0) is 46.1 Å². The molecule has 0 aromatic heterocycles. The summed E-state index contributed by atoms with van der Waals surface area (Å²) in [5.74, 6) is 0.972. The van der Waals surface area contributed by atoms with Crippen molar-refractivity contribution in [3.8, 4) is 0 Å². The van der Waals surface area contributed by atoms with Crippen LogP contribution < -0.4 is 10.6 Å². The molecule has 1 heterocycles. The van der Waals surface area contributed by atoms with Crippen LogP contribution in [0.1, 0.15) is 51.9 Å². The first-order valence-corrected chi connectivity index (χ1v) is 9.60. The molecule has 1 aliphatic heterocycles. The van der Waals surface area contributed by atoms with Gasteiger partial charge in [0.25, 0.3) is 0 Å². The van der Waals surface area contributed by atoms with Crippen LogP contribution >= 0.6 is 24.0 Å². The minimum atomic E-state index is 0. The van der Waals surface area contributed by atoms with Gasteiger partial charge < -0.3 is 10.6 Å². The zero-order valence-electron chi connectivity index (χ0n) is 15.6. The summed E-state index contributed by atoms with van der Waals surface area (Å²) in [5.41, 5.74) is 0. The normalized spacial score (nSPS) is 27.3. The topological polar surface area (TPSA) is 42.9 Å². The third-order valence-corrected chi connectivity index (χ3v) is 6.01. The molecule has 0 radical (unpaired) electrons. The first-order chi connectivity index (χ1) is 11.2. The van der Waals surface area contributed by atoms with E-state index in [4.69, 9.17) is 0 Å². The Balaban J connectivity index is 0.00000208. The molecule has 2 N–H and O–H groups in total. The van der Waals surface area contributed by atoms with E-state index in [2.05, 4.69) is 39.4 Å². The van der Waals surface area contributed by atoms with E-state index in [1.54, 1.807) is 0 Å². The van der Waals surface area contributed by atoms with Crippen molar-refractivity contribution in [3.63, 3.8) is 0 Å². The zero-order valence-corrected chi connectivity index (χ0v) is 18.0. The molecule has 3 fully saturated rings. The predicted octanol–water partition coefficient (Wildman–Crippen LogP) is 2.27. The highest BCUT2D eigenvalue weighted by molar-refractivity contribution is 14.0. The van der Waals surface area contributed by atoms with Crippen molar-refractivity contribution in [1.82, 2.24) is 20.4 Å². The van der Waals surface area contributed by atoms with Crippen LogP contribution in [-0.4, -0.2) is 73.7 Å². The minimum Gasteiger partial charge on any atom is -0.355 e. The van der Waals surface area contributed by atoms with Gasteiger partial charge in [-0.15, -0.1) is 24.0 Å². The number of rotatable bonds is 6. The zero-order chi connectivity index (χ0) is 16.2. The molecule has 0 aromatic carbocycles. The molecule has 0 bridgehead atoms. The van der Waals surface area contributed by atoms with Crippen LogP contribution in [0.25, 0.3) is 0 Å². The number of aliphatic imine (C=N–C) groups is 1. The fourth-order valence-electron chi connectivity index (χ4n) is 4.12. The van der Waals surface area contributed by atoms with Gasteiger partial charge in [0.05, 0.1) is 0 Å². The van der Waals surface area contributed by atoms with Crippen molar-refractivity contribution in [1.29, 1.82) is 0 Å². The molecule has 0 spiro atoms. The van der Waals surface area contributed by atoms with Crippen molar-refractivity contribution in [2.75, 3.05) is 33.7 Å². The van der Waals surface area contributed by atoms with Crippen molar-refractivity contribution in [3.05, 3.63) is 0 Å². The Hall–Kier alpha value is -0.0800. The minimum absolute atomic E-state index is 0.